The summed E-state index contributed by atoms with van der Waals surface area (Å²) in [5, 5.41) is 9.45. The first-order valence-corrected chi connectivity index (χ1v) is 7.52. The van der Waals surface area contributed by atoms with E-state index in [2.05, 4.69) is 23.1 Å². The van der Waals surface area contributed by atoms with Crippen LogP contribution in [-0.2, 0) is 0 Å². The summed E-state index contributed by atoms with van der Waals surface area (Å²) in [5.74, 6) is 1.85. The Morgan fingerprint density at radius 2 is 1.63 bits per heavy atom. The topological polar surface area (TPSA) is 27.0 Å². The molecule has 2 fully saturated rings. The highest BCUT2D eigenvalue weighted by molar-refractivity contribution is 5.25. The molecule has 1 aromatic rings. The van der Waals surface area contributed by atoms with Gasteiger partial charge in [-0.3, -0.25) is 0 Å². The summed E-state index contributed by atoms with van der Waals surface area (Å²) in [6, 6.07) is 12.7. The Morgan fingerprint density at radius 3 is 2.11 bits per heavy atom. The fourth-order valence-corrected chi connectivity index (χ4v) is 2.72. The summed E-state index contributed by atoms with van der Waals surface area (Å²) in [6.07, 6.45) is 5.57. The maximum absolute atomic E-state index is 9.45. The van der Waals surface area contributed by atoms with Gasteiger partial charge in [-0.2, -0.15) is 5.26 Å². The van der Waals surface area contributed by atoms with E-state index in [1.807, 2.05) is 18.2 Å². The molecule has 0 saturated heterocycles. The second-order valence-electron chi connectivity index (χ2n) is 6.20. The highest BCUT2D eigenvalue weighted by atomic mass is 15.1. The van der Waals surface area contributed by atoms with Crippen LogP contribution in [0, 0.1) is 23.2 Å². The lowest BCUT2D eigenvalue weighted by atomic mass is 10.00. The molecule has 1 atom stereocenters. The van der Waals surface area contributed by atoms with E-state index < -0.39 is 0 Å². The van der Waals surface area contributed by atoms with Crippen LogP contribution in [0.3, 0.4) is 0 Å². The first kappa shape index (κ1) is 12.7. The molecule has 0 bridgehead atoms. The molecule has 2 aliphatic carbocycles. The third kappa shape index (κ3) is 3.81. The van der Waals surface area contributed by atoms with Crippen LogP contribution in [0.5, 0.6) is 0 Å². The van der Waals surface area contributed by atoms with Gasteiger partial charge in [0.1, 0.15) is 0 Å². The Balaban J connectivity index is 1.62. The number of rotatable bonds is 7. The van der Waals surface area contributed by atoms with Crippen molar-refractivity contribution in [2.24, 2.45) is 11.8 Å². The van der Waals surface area contributed by atoms with E-state index in [-0.39, 0.29) is 5.92 Å². The first-order chi connectivity index (χ1) is 9.35. The number of nitriles is 1. The summed E-state index contributed by atoms with van der Waals surface area (Å²) in [7, 11) is 0. The molecule has 19 heavy (non-hydrogen) atoms. The minimum atomic E-state index is 0.0266. The molecule has 2 aliphatic rings. The monoisotopic (exact) mass is 254 g/mol. The second-order valence-corrected chi connectivity index (χ2v) is 6.20. The standard InChI is InChI=1S/C17H22N2/c18-10-17(16-4-2-1-3-5-16)13-19(11-14-6-7-14)12-15-8-9-15/h1-5,14-15,17H,6-9,11-13H2. The first-order valence-electron chi connectivity index (χ1n) is 7.52. The van der Waals surface area contributed by atoms with Crippen LogP contribution in [0.4, 0.5) is 0 Å². The van der Waals surface area contributed by atoms with Crippen molar-refractivity contribution in [1.82, 2.24) is 4.90 Å². The van der Waals surface area contributed by atoms with Gasteiger partial charge in [0.15, 0.2) is 0 Å². The molecule has 100 valence electrons. The van der Waals surface area contributed by atoms with Crippen LogP contribution >= 0.6 is 0 Å². The van der Waals surface area contributed by atoms with Gasteiger partial charge >= 0.3 is 0 Å². The van der Waals surface area contributed by atoms with E-state index >= 15 is 0 Å². The van der Waals surface area contributed by atoms with Gasteiger partial charge in [-0.1, -0.05) is 30.3 Å². The number of hydrogen-bond donors (Lipinski definition) is 0. The molecule has 1 unspecified atom stereocenters. The van der Waals surface area contributed by atoms with Crippen molar-refractivity contribution in [2.75, 3.05) is 19.6 Å². The molecule has 2 heteroatoms. The van der Waals surface area contributed by atoms with Gasteiger partial charge in [-0.15, -0.1) is 0 Å². The fourth-order valence-electron chi connectivity index (χ4n) is 2.72. The number of hydrogen-bond acceptors (Lipinski definition) is 2. The molecule has 0 amide bonds. The predicted molar refractivity (Wildman–Crippen MR) is 76.7 cm³/mol. The van der Waals surface area contributed by atoms with Crippen LogP contribution in [0.25, 0.3) is 0 Å². The number of benzene rings is 1. The molecular formula is C17H22N2. The van der Waals surface area contributed by atoms with Crippen molar-refractivity contribution < 1.29 is 0 Å². The Morgan fingerprint density at radius 1 is 1.05 bits per heavy atom. The molecule has 2 saturated carbocycles. The SMILES string of the molecule is N#CC(CN(CC1CC1)CC1CC1)c1ccccc1. The lowest BCUT2D eigenvalue weighted by Crippen LogP contribution is -2.32. The van der Waals surface area contributed by atoms with Crippen LogP contribution in [-0.4, -0.2) is 24.5 Å². The van der Waals surface area contributed by atoms with Gasteiger partial charge in [-0.25, -0.2) is 0 Å². The summed E-state index contributed by atoms with van der Waals surface area (Å²) >= 11 is 0. The quantitative estimate of drug-likeness (QED) is 0.745. The van der Waals surface area contributed by atoms with E-state index in [9.17, 15) is 5.26 Å². The highest BCUT2D eigenvalue weighted by Gasteiger charge is 2.30. The minimum Gasteiger partial charge on any atom is -0.301 e. The molecule has 3 rings (SSSR count). The molecule has 0 aromatic heterocycles. The van der Waals surface area contributed by atoms with Crippen molar-refractivity contribution in [3.8, 4) is 6.07 Å². The second kappa shape index (κ2) is 5.75. The van der Waals surface area contributed by atoms with Gasteiger partial charge in [0.25, 0.3) is 0 Å². The zero-order chi connectivity index (χ0) is 13.1. The van der Waals surface area contributed by atoms with E-state index in [0.717, 1.165) is 18.4 Å². The normalized spacial score (nSPS) is 20.2. The largest absolute Gasteiger partial charge is 0.301 e. The summed E-state index contributed by atoms with van der Waals surface area (Å²) in [4.78, 5) is 2.55. The van der Waals surface area contributed by atoms with Crippen molar-refractivity contribution in [3.63, 3.8) is 0 Å². The van der Waals surface area contributed by atoms with Crippen LogP contribution in [0.1, 0.15) is 37.2 Å². The Hall–Kier alpha value is -1.33. The zero-order valence-corrected chi connectivity index (χ0v) is 11.5. The Bertz CT molecular complexity index is 426. The van der Waals surface area contributed by atoms with E-state index in [1.54, 1.807) is 0 Å². The molecular weight excluding hydrogens is 232 g/mol. The lowest BCUT2D eigenvalue weighted by molar-refractivity contribution is 0.248. The van der Waals surface area contributed by atoms with E-state index in [1.165, 1.54) is 44.3 Å². The van der Waals surface area contributed by atoms with Gasteiger partial charge in [-0.05, 0) is 43.1 Å². The minimum absolute atomic E-state index is 0.0266. The van der Waals surface area contributed by atoms with Crippen LogP contribution in [0.2, 0.25) is 0 Å². The summed E-state index contributed by atoms with van der Waals surface area (Å²) in [5.41, 5.74) is 1.17. The predicted octanol–water partition coefficient (Wildman–Crippen LogP) is 3.42. The van der Waals surface area contributed by atoms with Crippen molar-refractivity contribution in [3.05, 3.63) is 35.9 Å². The van der Waals surface area contributed by atoms with Gasteiger partial charge < -0.3 is 4.90 Å². The average molecular weight is 254 g/mol. The number of nitrogens with zero attached hydrogens (tertiary/aromatic N) is 2. The molecule has 0 N–H and O–H groups in total. The van der Waals surface area contributed by atoms with Gasteiger partial charge in [0.2, 0.25) is 0 Å². The fraction of sp³-hybridized carbons (Fsp3) is 0.588. The van der Waals surface area contributed by atoms with Crippen molar-refractivity contribution >= 4 is 0 Å². The van der Waals surface area contributed by atoms with E-state index in [4.69, 9.17) is 0 Å². The molecule has 0 spiro atoms. The van der Waals surface area contributed by atoms with E-state index in [0.29, 0.717) is 0 Å². The summed E-state index contributed by atoms with van der Waals surface area (Å²) in [6.45, 7) is 3.33. The Labute approximate surface area is 116 Å². The van der Waals surface area contributed by atoms with Crippen molar-refractivity contribution in [2.45, 2.75) is 31.6 Å². The summed E-state index contributed by atoms with van der Waals surface area (Å²) < 4.78 is 0. The highest BCUT2D eigenvalue weighted by Crippen LogP contribution is 2.34. The third-order valence-corrected chi connectivity index (χ3v) is 4.23. The average Bonchev–Trinajstić information content (AvgIpc) is 3.33. The van der Waals surface area contributed by atoms with Crippen LogP contribution in [0.15, 0.2) is 30.3 Å². The van der Waals surface area contributed by atoms with Crippen molar-refractivity contribution in [1.29, 1.82) is 5.26 Å². The Kier molecular flexibility index (Phi) is 3.84. The smallest absolute Gasteiger partial charge is 0.0839 e. The van der Waals surface area contributed by atoms with Gasteiger partial charge in [0.05, 0.1) is 12.0 Å². The maximum atomic E-state index is 9.45. The van der Waals surface area contributed by atoms with Gasteiger partial charge in [0, 0.05) is 19.6 Å². The molecule has 1 aromatic carbocycles. The molecule has 0 heterocycles. The lowest BCUT2D eigenvalue weighted by Gasteiger charge is -2.24. The zero-order valence-electron chi connectivity index (χ0n) is 11.5. The maximum Gasteiger partial charge on any atom is 0.0839 e. The molecule has 0 radical (unpaired) electrons. The third-order valence-electron chi connectivity index (χ3n) is 4.23. The van der Waals surface area contributed by atoms with Crippen LogP contribution < -0.4 is 0 Å². The molecule has 2 nitrogen and oxygen atoms in total. The molecule has 0 aliphatic heterocycles.